The molecule has 0 amide bonds. The predicted molar refractivity (Wildman–Crippen MR) is 91.2 cm³/mol. The molecular formula is C19H30N2O. The van der Waals surface area contributed by atoms with Crippen molar-refractivity contribution in [1.29, 1.82) is 0 Å². The second-order valence-electron chi connectivity index (χ2n) is 7.02. The number of hydrogen-bond acceptors (Lipinski definition) is 3. The highest BCUT2D eigenvalue weighted by atomic mass is 16.5. The minimum atomic E-state index is 0.389. The monoisotopic (exact) mass is 302 g/mol. The van der Waals surface area contributed by atoms with E-state index in [-0.39, 0.29) is 0 Å². The topological polar surface area (TPSA) is 15.7 Å². The molecule has 2 saturated heterocycles. The zero-order chi connectivity index (χ0) is 15.4. The minimum absolute atomic E-state index is 0.389. The molecule has 0 unspecified atom stereocenters. The zero-order valence-corrected chi connectivity index (χ0v) is 14.1. The van der Waals surface area contributed by atoms with Gasteiger partial charge in [0.2, 0.25) is 0 Å². The van der Waals surface area contributed by atoms with Gasteiger partial charge in [-0.1, -0.05) is 30.3 Å². The normalized spacial score (nSPS) is 28.8. The van der Waals surface area contributed by atoms with Crippen LogP contribution in [0.3, 0.4) is 0 Å². The summed E-state index contributed by atoms with van der Waals surface area (Å²) in [5.74, 6) is 0. The summed E-state index contributed by atoms with van der Waals surface area (Å²) < 4.78 is 5.86. The van der Waals surface area contributed by atoms with Crippen molar-refractivity contribution in [2.75, 3.05) is 32.7 Å². The van der Waals surface area contributed by atoms with Gasteiger partial charge in [0.1, 0.15) is 0 Å². The standard InChI is InChI=1S/C19H30N2O/c1-16-14-21(15-17(2)22-16)19-9-12-20(13-10-19)11-8-18-6-4-3-5-7-18/h3-7,16-17,19H,8-15H2,1-2H3/t16-,17-/m1/s1. The van der Waals surface area contributed by atoms with E-state index in [4.69, 9.17) is 4.74 Å². The summed E-state index contributed by atoms with van der Waals surface area (Å²) in [7, 11) is 0. The molecule has 0 bridgehead atoms. The number of morpholine rings is 1. The molecule has 2 fully saturated rings. The van der Waals surface area contributed by atoms with Crippen molar-refractivity contribution in [3.63, 3.8) is 0 Å². The van der Waals surface area contributed by atoms with Gasteiger partial charge in [-0.25, -0.2) is 0 Å². The Kier molecular flexibility index (Phi) is 5.51. The minimum Gasteiger partial charge on any atom is -0.373 e. The molecule has 2 aliphatic rings. The van der Waals surface area contributed by atoms with Crippen LogP contribution in [0.1, 0.15) is 32.3 Å². The maximum atomic E-state index is 5.86. The number of likely N-dealkylation sites (tertiary alicyclic amines) is 1. The Labute approximate surface area is 135 Å². The Balaban J connectivity index is 1.42. The van der Waals surface area contributed by atoms with Gasteiger partial charge in [0.25, 0.3) is 0 Å². The maximum absolute atomic E-state index is 5.86. The molecule has 0 N–H and O–H groups in total. The van der Waals surface area contributed by atoms with Crippen molar-refractivity contribution in [1.82, 2.24) is 9.80 Å². The lowest BCUT2D eigenvalue weighted by Gasteiger charge is -2.43. The van der Waals surface area contributed by atoms with Crippen molar-refractivity contribution < 1.29 is 4.74 Å². The molecular weight excluding hydrogens is 272 g/mol. The van der Waals surface area contributed by atoms with Crippen molar-refractivity contribution >= 4 is 0 Å². The first-order chi connectivity index (χ1) is 10.7. The first-order valence-electron chi connectivity index (χ1n) is 8.86. The maximum Gasteiger partial charge on any atom is 0.0678 e. The van der Waals surface area contributed by atoms with E-state index in [2.05, 4.69) is 54.0 Å². The lowest BCUT2D eigenvalue weighted by molar-refractivity contribution is -0.0863. The number of hydrogen-bond donors (Lipinski definition) is 0. The molecule has 1 aromatic carbocycles. The van der Waals surface area contributed by atoms with Gasteiger partial charge in [0, 0.05) is 25.7 Å². The van der Waals surface area contributed by atoms with Crippen LogP contribution < -0.4 is 0 Å². The van der Waals surface area contributed by atoms with Crippen molar-refractivity contribution in [3.05, 3.63) is 35.9 Å². The Bertz CT molecular complexity index is 432. The number of benzene rings is 1. The van der Waals surface area contributed by atoms with Crippen LogP contribution in [0.2, 0.25) is 0 Å². The zero-order valence-electron chi connectivity index (χ0n) is 14.1. The molecule has 2 aliphatic heterocycles. The number of nitrogens with zero attached hydrogens (tertiary/aromatic N) is 2. The largest absolute Gasteiger partial charge is 0.373 e. The van der Waals surface area contributed by atoms with Crippen LogP contribution >= 0.6 is 0 Å². The third-order valence-corrected chi connectivity index (χ3v) is 5.08. The molecule has 22 heavy (non-hydrogen) atoms. The van der Waals surface area contributed by atoms with Crippen molar-refractivity contribution in [2.24, 2.45) is 0 Å². The summed E-state index contributed by atoms with van der Waals surface area (Å²) in [6, 6.07) is 11.6. The second-order valence-corrected chi connectivity index (χ2v) is 7.02. The Morgan fingerprint density at radius 1 is 1.00 bits per heavy atom. The van der Waals surface area contributed by atoms with Gasteiger partial charge in [0.05, 0.1) is 12.2 Å². The quantitative estimate of drug-likeness (QED) is 0.850. The average Bonchev–Trinajstić information content (AvgIpc) is 2.53. The van der Waals surface area contributed by atoms with E-state index >= 15 is 0 Å². The van der Waals surface area contributed by atoms with Gasteiger partial charge < -0.3 is 9.64 Å². The molecule has 2 atom stereocenters. The Morgan fingerprint density at radius 3 is 2.27 bits per heavy atom. The molecule has 0 radical (unpaired) electrons. The van der Waals surface area contributed by atoms with Crippen LogP contribution in [0, 0.1) is 0 Å². The molecule has 3 nitrogen and oxygen atoms in total. The first-order valence-corrected chi connectivity index (χ1v) is 8.86. The summed E-state index contributed by atoms with van der Waals surface area (Å²) in [6.45, 7) is 10.3. The summed E-state index contributed by atoms with van der Waals surface area (Å²) >= 11 is 0. The van der Waals surface area contributed by atoms with Crippen molar-refractivity contribution in [3.8, 4) is 0 Å². The highest BCUT2D eigenvalue weighted by Crippen LogP contribution is 2.21. The SMILES string of the molecule is C[C@@H]1CN(C2CCN(CCc3ccccc3)CC2)C[C@@H](C)O1. The van der Waals surface area contributed by atoms with Crippen LogP contribution in [0.15, 0.2) is 30.3 Å². The van der Waals surface area contributed by atoms with Crippen LogP contribution in [0.25, 0.3) is 0 Å². The third kappa shape index (κ3) is 4.31. The van der Waals surface area contributed by atoms with Gasteiger partial charge in [-0.3, -0.25) is 4.90 Å². The van der Waals surface area contributed by atoms with Gasteiger partial charge >= 0.3 is 0 Å². The lowest BCUT2D eigenvalue weighted by Crippen LogP contribution is -2.53. The van der Waals surface area contributed by atoms with Gasteiger partial charge in [-0.2, -0.15) is 0 Å². The van der Waals surface area contributed by atoms with Crippen molar-refractivity contribution in [2.45, 2.75) is 51.4 Å². The van der Waals surface area contributed by atoms with Crippen LogP contribution in [0.5, 0.6) is 0 Å². The smallest absolute Gasteiger partial charge is 0.0678 e. The van der Waals surface area contributed by atoms with E-state index in [0.717, 1.165) is 19.1 Å². The molecule has 3 heteroatoms. The van der Waals surface area contributed by atoms with Crippen LogP contribution in [-0.4, -0.2) is 60.8 Å². The molecule has 0 spiro atoms. The van der Waals surface area contributed by atoms with E-state index in [0.29, 0.717) is 12.2 Å². The second kappa shape index (κ2) is 7.58. The summed E-state index contributed by atoms with van der Waals surface area (Å²) in [6.07, 6.45) is 4.58. The lowest BCUT2D eigenvalue weighted by atomic mass is 10.0. The average molecular weight is 302 g/mol. The van der Waals surface area contributed by atoms with E-state index in [1.807, 2.05) is 0 Å². The van der Waals surface area contributed by atoms with Gasteiger partial charge in [0.15, 0.2) is 0 Å². The molecule has 3 rings (SSSR count). The Morgan fingerprint density at radius 2 is 1.64 bits per heavy atom. The summed E-state index contributed by atoms with van der Waals surface area (Å²) in [5.41, 5.74) is 1.46. The number of piperidine rings is 1. The van der Waals surface area contributed by atoms with Gasteiger partial charge in [-0.05, 0) is 51.8 Å². The molecule has 0 aliphatic carbocycles. The van der Waals surface area contributed by atoms with E-state index in [1.54, 1.807) is 0 Å². The highest BCUT2D eigenvalue weighted by molar-refractivity contribution is 5.14. The Hall–Kier alpha value is -0.900. The summed E-state index contributed by atoms with van der Waals surface area (Å²) in [4.78, 5) is 5.31. The fourth-order valence-electron chi connectivity index (χ4n) is 3.96. The van der Waals surface area contributed by atoms with Crippen LogP contribution in [-0.2, 0) is 11.2 Å². The molecule has 2 heterocycles. The molecule has 122 valence electrons. The molecule has 0 aromatic heterocycles. The summed E-state index contributed by atoms with van der Waals surface area (Å²) in [5, 5.41) is 0. The van der Waals surface area contributed by atoms with E-state index < -0.39 is 0 Å². The third-order valence-electron chi connectivity index (χ3n) is 5.08. The number of rotatable bonds is 4. The van der Waals surface area contributed by atoms with E-state index in [1.165, 1.54) is 44.5 Å². The fourth-order valence-corrected chi connectivity index (χ4v) is 3.96. The molecule has 1 aromatic rings. The fraction of sp³-hybridized carbons (Fsp3) is 0.684. The van der Waals surface area contributed by atoms with E-state index in [9.17, 15) is 0 Å². The number of ether oxygens (including phenoxy) is 1. The molecule has 0 saturated carbocycles. The highest BCUT2D eigenvalue weighted by Gasteiger charge is 2.30. The predicted octanol–water partition coefficient (Wildman–Crippen LogP) is 2.80. The van der Waals surface area contributed by atoms with Crippen LogP contribution in [0.4, 0.5) is 0 Å². The first kappa shape index (κ1) is 16.0. The van der Waals surface area contributed by atoms with Gasteiger partial charge in [-0.15, -0.1) is 0 Å².